The highest BCUT2D eigenvalue weighted by Gasteiger charge is 2.39. The third-order valence-electron chi connectivity index (χ3n) is 8.89. The SMILES string of the molecule is C[C@@H]1[C@H](CN(C)C[C@@H](O)c2cccc(O)c2)O[C@H](c2ccc(NC(=O)Nc3ccc(Oc4ccccc4)cc3)cc2)O[C@@H]1c1ccc(CO)cc1. The van der Waals surface area contributed by atoms with E-state index in [2.05, 4.69) is 17.6 Å². The van der Waals surface area contributed by atoms with Crippen LogP contribution in [0.5, 0.6) is 17.2 Å². The van der Waals surface area contributed by atoms with Gasteiger partial charge in [-0.1, -0.05) is 73.7 Å². The number of likely N-dealkylation sites (N-methyl/N-ethyl adjacent to an activating group) is 1. The van der Waals surface area contributed by atoms with E-state index in [4.69, 9.17) is 14.2 Å². The van der Waals surface area contributed by atoms with E-state index in [1.807, 2.05) is 78.7 Å². The number of benzene rings is 5. The summed E-state index contributed by atoms with van der Waals surface area (Å²) in [4.78, 5) is 14.8. The van der Waals surface area contributed by atoms with Gasteiger partial charge in [0.15, 0.2) is 6.29 Å². The van der Waals surface area contributed by atoms with E-state index in [1.54, 1.807) is 60.7 Å². The predicted molar refractivity (Wildman–Crippen MR) is 196 cm³/mol. The normalized spacial score (nSPS) is 19.3. The van der Waals surface area contributed by atoms with Crippen molar-refractivity contribution in [3.05, 3.63) is 150 Å². The third-order valence-corrected chi connectivity index (χ3v) is 8.89. The van der Waals surface area contributed by atoms with Gasteiger partial charge in [-0.15, -0.1) is 0 Å². The molecule has 0 spiro atoms. The highest BCUT2D eigenvalue weighted by molar-refractivity contribution is 5.99. The van der Waals surface area contributed by atoms with Gasteiger partial charge in [-0.05, 0) is 84.4 Å². The van der Waals surface area contributed by atoms with Crippen LogP contribution in [0.15, 0.2) is 127 Å². The van der Waals surface area contributed by atoms with Crippen LogP contribution in [0.4, 0.5) is 16.2 Å². The fourth-order valence-electron chi connectivity index (χ4n) is 6.09. The Labute approximate surface area is 297 Å². The van der Waals surface area contributed by atoms with Crippen molar-refractivity contribution in [3.63, 3.8) is 0 Å². The van der Waals surface area contributed by atoms with Crippen LogP contribution in [-0.2, 0) is 16.1 Å². The Morgan fingerprint density at radius 3 is 2.08 bits per heavy atom. The van der Waals surface area contributed by atoms with E-state index in [9.17, 15) is 20.1 Å². The molecule has 5 aromatic rings. The number of carbonyl (C=O) groups is 1. The van der Waals surface area contributed by atoms with Gasteiger partial charge in [0.05, 0.1) is 24.9 Å². The number of aliphatic hydroxyl groups is 2. The maximum atomic E-state index is 12.8. The molecule has 0 saturated carbocycles. The van der Waals surface area contributed by atoms with Crippen molar-refractivity contribution in [2.75, 3.05) is 30.8 Å². The number of urea groups is 1. The van der Waals surface area contributed by atoms with Crippen molar-refractivity contribution in [1.82, 2.24) is 4.90 Å². The largest absolute Gasteiger partial charge is 0.508 e. The monoisotopic (exact) mass is 689 g/mol. The van der Waals surface area contributed by atoms with Crippen LogP contribution in [0.3, 0.4) is 0 Å². The van der Waals surface area contributed by atoms with Crippen LogP contribution in [0.25, 0.3) is 0 Å². The second kappa shape index (κ2) is 16.7. The standard InChI is InChI=1S/C41H43N3O7/c1-27-38(25-44(2)24-37(47)31-7-6-8-34(46)23-31)50-40(51-39(27)29-13-11-28(26-45)12-14-29)30-15-17-32(18-16-30)42-41(48)43-33-19-21-36(22-20-33)49-35-9-4-3-5-10-35/h3-23,27,37-40,45-47H,24-26H2,1-2H3,(H2,42,43,48)/t27-,37-,38+,39+,40+/m1/s1. The quantitative estimate of drug-likeness (QED) is 0.0898. The number of para-hydroxylation sites is 1. The summed E-state index contributed by atoms with van der Waals surface area (Å²) in [5, 5.41) is 36.0. The summed E-state index contributed by atoms with van der Waals surface area (Å²) in [6.45, 7) is 2.89. The molecule has 1 aliphatic heterocycles. The first kappa shape index (κ1) is 35.6. The van der Waals surface area contributed by atoms with Crippen molar-refractivity contribution >= 4 is 17.4 Å². The number of hydrogen-bond donors (Lipinski definition) is 5. The number of aliphatic hydroxyl groups excluding tert-OH is 2. The molecule has 1 aliphatic rings. The first-order valence-corrected chi connectivity index (χ1v) is 16.9. The van der Waals surface area contributed by atoms with E-state index in [-0.39, 0.29) is 36.5 Å². The van der Waals surface area contributed by atoms with E-state index < -0.39 is 12.4 Å². The van der Waals surface area contributed by atoms with Crippen molar-refractivity contribution in [3.8, 4) is 17.2 Å². The molecule has 264 valence electrons. The maximum Gasteiger partial charge on any atom is 0.323 e. The molecule has 0 bridgehead atoms. The van der Waals surface area contributed by atoms with Gasteiger partial charge in [0.25, 0.3) is 0 Å². The zero-order valence-electron chi connectivity index (χ0n) is 28.6. The van der Waals surface area contributed by atoms with Gasteiger partial charge < -0.3 is 45.1 Å². The first-order valence-electron chi connectivity index (χ1n) is 16.9. The highest BCUT2D eigenvalue weighted by Crippen LogP contribution is 2.42. The molecule has 2 amide bonds. The van der Waals surface area contributed by atoms with Crippen LogP contribution in [0.1, 0.15) is 47.7 Å². The summed E-state index contributed by atoms with van der Waals surface area (Å²) in [6.07, 6.45) is -2.06. The van der Waals surface area contributed by atoms with Crippen LogP contribution in [0.2, 0.25) is 0 Å². The number of phenolic OH excluding ortho intramolecular Hbond substituents is 1. The fraction of sp³-hybridized carbons (Fsp3) is 0.244. The fourth-order valence-corrected chi connectivity index (χ4v) is 6.09. The Hall–Kier alpha value is -5.23. The summed E-state index contributed by atoms with van der Waals surface area (Å²) in [7, 11) is 1.93. The van der Waals surface area contributed by atoms with E-state index >= 15 is 0 Å². The summed E-state index contributed by atoms with van der Waals surface area (Å²) < 4.78 is 19.0. The van der Waals surface area contributed by atoms with Gasteiger partial charge in [-0.3, -0.25) is 0 Å². The molecule has 0 aromatic heterocycles. The van der Waals surface area contributed by atoms with E-state index in [0.29, 0.717) is 35.8 Å². The average molecular weight is 690 g/mol. The predicted octanol–water partition coefficient (Wildman–Crippen LogP) is 7.78. The van der Waals surface area contributed by atoms with Crippen LogP contribution < -0.4 is 15.4 Å². The lowest BCUT2D eigenvalue weighted by Gasteiger charge is -2.42. The molecule has 6 rings (SSSR count). The van der Waals surface area contributed by atoms with E-state index in [0.717, 1.165) is 22.4 Å². The lowest BCUT2D eigenvalue weighted by Crippen LogP contribution is -2.44. The van der Waals surface area contributed by atoms with Crippen LogP contribution in [0, 0.1) is 5.92 Å². The molecule has 5 N–H and O–H groups in total. The number of rotatable bonds is 12. The lowest BCUT2D eigenvalue weighted by molar-refractivity contribution is -0.276. The Balaban J connectivity index is 1.11. The van der Waals surface area contributed by atoms with Gasteiger partial charge in [0, 0.05) is 35.9 Å². The molecule has 1 heterocycles. The Kier molecular flexibility index (Phi) is 11.6. The topological polar surface area (TPSA) is 133 Å². The number of nitrogens with zero attached hydrogens (tertiary/aromatic N) is 1. The number of anilines is 2. The molecule has 0 radical (unpaired) electrons. The van der Waals surface area contributed by atoms with Gasteiger partial charge in [0.2, 0.25) is 0 Å². The second-order valence-corrected chi connectivity index (χ2v) is 12.8. The number of amides is 2. The molecular weight excluding hydrogens is 646 g/mol. The minimum absolute atomic E-state index is 0.0452. The summed E-state index contributed by atoms with van der Waals surface area (Å²) in [5.74, 6) is 1.45. The Morgan fingerprint density at radius 1 is 0.804 bits per heavy atom. The number of phenols is 1. The second-order valence-electron chi connectivity index (χ2n) is 12.8. The summed E-state index contributed by atoms with van der Waals surface area (Å²) in [6, 6.07) is 37.9. The summed E-state index contributed by atoms with van der Waals surface area (Å²) in [5.41, 5.74) is 4.41. The van der Waals surface area contributed by atoms with Crippen molar-refractivity contribution < 1.29 is 34.3 Å². The maximum absolute atomic E-state index is 12.8. The molecule has 0 aliphatic carbocycles. The van der Waals surface area contributed by atoms with Gasteiger partial charge in [0.1, 0.15) is 17.2 Å². The molecule has 5 aromatic carbocycles. The highest BCUT2D eigenvalue weighted by atomic mass is 16.7. The van der Waals surface area contributed by atoms with Gasteiger partial charge >= 0.3 is 6.03 Å². The smallest absolute Gasteiger partial charge is 0.323 e. The first-order chi connectivity index (χ1) is 24.7. The average Bonchev–Trinajstić information content (AvgIpc) is 3.14. The van der Waals surface area contributed by atoms with Gasteiger partial charge in [-0.2, -0.15) is 0 Å². The molecule has 10 heteroatoms. The van der Waals surface area contributed by atoms with Crippen molar-refractivity contribution in [2.45, 2.75) is 38.1 Å². The van der Waals surface area contributed by atoms with E-state index in [1.165, 1.54) is 0 Å². The molecule has 1 fully saturated rings. The molecule has 1 saturated heterocycles. The minimum Gasteiger partial charge on any atom is -0.508 e. The number of nitrogens with one attached hydrogen (secondary N) is 2. The van der Waals surface area contributed by atoms with Crippen molar-refractivity contribution in [2.24, 2.45) is 5.92 Å². The molecular formula is C41H43N3O7. The molecule has 51 heavy (non-hydrogen) atoms. The lowest BCUT2D eigenvalue weighted by atomic mass is 9.90. The molecule has 5 atom stereocenters. The zero-order valence-corrected chi connectivity index (χ0v) is 28.6. The summed E-state index contributed by atoms with van der Waals surface area (Å²) >= 11 is 0. The Morgan fingerprint density at radius 2 is 1.43 bits per heavy atom. The minimum atomic E-state index is -0.792. The number of ether oxygens (including phenoxy) is 3. The zero-order chi connectivity index (χ0) is 35.7. The van der Waals surface area contributed by atoms with Crippen LogP contribution >= 0.6 is 0 Å². The number of carbonyl (C=O) groups excluding carboxylic acids is 1. The number of hydrogen-bond acceptors (Lipinski definition) is 8. The van der Waals surface area contributed by atoms with Gasteiger partial charge in [-0.25, -0.2) is 4.79 Å². The van der Waals surface area contributed by atoms with Crippen molar-refractivity contribution in [1.29, 1.82) is 0 Å². The third kappa shape index (κ3) is 9.52. The molecule has 0 unspecified atom stereocenters. The molecule has 10 nitrogen and oxygen atoms in total. The number of aromatic hydroxyl groups is 1. The van der Waals surface area contributed by atoms with Crippen LogP contribution in [-0.4, -0.2) is 52.5 Å². The Bertz CT molecular complexity index is 1850.